The van der Waals surface area contributed by atoms with Gasteiger partial charge in [-0.3, -0.25) is 4.79 Å². The van der Waals surface area contributed by atoms with Crippen LogP contribution in [-0.2, 0) is 11.0 Å². The number of Topliss-reactive ketones (excluding diaryl/α,β-unsaturated/α-hetero) is 1. The minimum atomic E-state index is -4.78. The molecule has 1 saturated carbocycles. The summed E-state index contributed by atoms with van der Waals surface area (Å²) in [5.74, 6) is -5.72. The van der Waals surface area contributed by atoms with Crippen LogP contribution in [0.25, 0.3) is 11.1 Å². The molecule has 0 heterocycles. The van der Waals surface area contributed by atoms with Crippen molar-refractivity contribution in [3.05, 3.63) is 76.4 Å². The molecule has 0 aromatic heterocycles. The van der Waals surface area contributed by atoms with Crippen LogP contribution in [0.1, 0.15) is 5.56 Å². The molecule has 0 bridgehead atoms. The normalized spacial score (nSPS) is 16.8. The first-order chi connectivity index (χ1) is 14.0. The molecule has 2 aromatic carbocycles. The van der Waals surface area contributed by atoms with Crippen molar-refractivity contribution in [2.24, 2.45) is 0 Å². The van der Waals surface area contributed by atoms with E-state index in [2.05, 4.69) is 11.5 Å². The number of ether oxygens (including phenoxy) is 1. The van der Waals surface area contributed by atoms with E-state index < -0.39 is 34.7 Å². The van der Waals surface area contributed by atoms with Crippen molar-refractivity contribution < 1.29 is 31.5 Å². The average molecular weight is 418 g/mol. The lowest BCUT2D eigenvalue weighted by Gasteiger charge is -2.29. The molecule has 1 fully saturated rings. The van der Waals surface area contributed by atoms with Gasteiger partial charge in [-0.15, -0.1) is 0 Å². The van der Waals surface area contributed by atoms with Crippen LogP contribution in [0, 0.1) is 0 Å². The number of alkyl halides is 5. The van der Waals surface area contributed by atoms with Crippen LogP contribution >= 0.6 is 0 Å². The Morgan fingerprint density at radius 2 is 1.63 bits per heavy atom. The fourth-order valence-electron chi connectivity index (χ4n) is 3.04. The summed E-state index contributed by atoms with van der Waals surface area (Å²) in [5, 5.41) is 0. The highest BCUT2D eigenvalue weighted by Gasteiger charge is 2.58. The van der Waals surface area contributed by atoms with Crippen molar-refractivity contribution in [1.29, 1.82) is 0 Å². The number of anilines is 2. The number of ketones is 1. The van der Waals surface area contributed by atoms with Gasteiger partial charge in [0.15, 0.2) is 11.5 Å². The molecule has 2 aliphatic rings. The number of carbonyl (C=O) groups is 1. The predicted molar refractivity (Wildman–Crippen MR) is 98.4 cm³/mol. The smallest absolute Gasteiger partial charge is 0.418 e. The van der Waals surface area contributed by atoms with E-state index in [4.69, 9.17) is 16.2 Å². The van der Waals surface area contributed by atoms with E-state index in [0.717, 1.165) is 12.1 Å². The Labute approximate surface area is 166 Å². The minimum Gasteiger partial charge on any atom is -0.446 e. The SMILES string of the molecule is Nc1ccc(-c2cc(OC3=C=C=C4C(=C3)C(=O)C4(F)F)c(N)c(C(F)(F)F)c2)cc1. The van der Waals surface area contributed by atoms with Crippen molar-refractivity contribution in [2.45, 2.75) is 12.1 Å². The highest BCUT2D eigenvalue weighted by atomic mass is 19.4. The third-order valence-corrected chi connectivity index (χ3v) is 4.61. The first kappa shape index (κ1) is 19.5. The van der Waals surface area contributed by atoms with Crippen LogP contribution in [0.4, 0.5) is 33.3 Å². The number of halogens is 5. The van der Waals surface area contributed by atoms with Gasteiger partial charge >= 0.3 is 12.1 Å². The number of hydrogen-bond donors (Lipinski definition) is 2. The van der Waals surface area contributed by atoms with Gasteiger partial charge in [-0.25, -0.2) is 0 Å². The van der Waals surface area contributed by atoms with E-state index in [1.54, 1.807) is 0 Å². The predicted octanol–water partition coefficient (Wildman–Crippen LogP) is 4.64. The number of hydrogen-bond acceptors (Lipinski definition) is 4. The lowest BCUT2D eigenvalue weighted by atomic mass is 9.79. The van der Waals surface area contributed by atoms with Gasteiger partial charge < -0.3 is 16.2 Å². The summed E-state index contributed by atoms with van der Waals surface area (Å²) in [4.78, 5) is 11.5. The Balaban J connectivity index is 1.81. The number of nitrogen functional groups attached to an aromatic ring is 2. The van der Waals surface area contributed by atoms with Crippen LogP contribution in [0.5, 0.6) is 5.75 Å². The van der Waals surface area contributed by atoms with Crippen LogP contribution in [0.15, 0.2) is 70.8 Å². The molecule has 0 amide bonds. The summed E-state index contributed by atoms with van der Waals surface area (Å²) in [6.07, 6.45) is -3.81. The fraction of sp³-hybridized carbons (Fsp3) is 0.0952. The lowest BCUT2D eigenvalue weighted by Crippen LogP contribution is -2.45. The van der Waals surface area contributed by atoms with Gasteiger partial charge in [0.25, 0.3) is 0 Å². The Morgan fingerprint density at radius 3 is 2.27 bits per heavy atom. The number of fused-ring (bicyclic) bond motifs is 1. The van der Waals surface area contributed by atoms with Crippen LogP contribution in [0.2, 0.25) is 0 Å². The summed E-state index contributed by atoms with van der Waals surface area (Å²) < 4.78 is 72.7. The summed E-state index contributed by atoms with van der Waals surface area (Å²) in [5.41, 5.74) is 13.8. The Morgan fingerprint density at radius 1 is 0.967 bits per heavy atom. The monoisotopic (exact) mass is 418 g/mol. The molecule has 0 radical (unpaired) electrons. The van der Waals surface area contributed by atoms with E-state index in [0.29, 0.717) is 11.3 Å². The van der Waals surface area contributed by atoms with Gasteiger partial charge in [0, 0.05) is 17.3 Å². The molecule has 4 rings (SSSR count). The Bertz CT molecular complexity index is 1230. The second kappa shape index (κ2) is 6.35. The van der Waals surface area contributed by atoms with Crippen molar-refractivity contribution >= 4 is 17.2 Å². The van der Waals surface area contributed by atoms with Crippen molar-refractivity contribution in [3.8, 4) is 16.9 Å². The van der Waals surface area contributed by atoms with Gasteiger partial charge in [0.1, 0.15) is 0 Å². The number of carbonyl (C=O) groups excluding carboxylic acids is 1. The van der Waals surface area contributed by atoms with Gasteiger partial charge in [-0.2, -0.15) is 22.0 Å². The fourth-order valence-corrected chi connectivity index (χ4v) is 3.04. The highest BCUT2D eigenvalue weighted by molar-refractivity contribution is 6.16. The average Bonchev–Trinajstić information content (AvgIpc) is 2.68. The molecular formula is C21H11F5N2O2. The number of benzene rings is 2. The molecule has 0 unspecified atom stereocenters. The molecule has 0 saturated heterocycles. The van der Waals surface area contributed by atoms with E-state index in [1.807, 2.05) is 0 Å². The summed E-state index contributed by atoms with van der Waals surface area (Å²) in [6, 6.07) is 8.22. The maximum Gasteiger partial charge on any atom is 0.418 e. The Kier molecular flexibility index (Phi) is 4.13. The first-order valence-electron chi connectivity index (χ1n) is 8.44. The second-order valence-corrected chi connectivity index (χ2v) is 6.61. The number of allylic oxidation sites excluding steroid dienone is 3. The van der Waals surface area contributed by atoms with Gasteiger partial charge in [-0.1, -0.05) is 17.9 Å². The molecule has 152 valence electrons. The molecule has 0 aliphatic heterocycles. The molecule has 30 heavy (non-hydrogen) atoms. The Hall–Kier alpha value is -3.80. The van der Waals surface area contributed by atoms with Crippen LogP contribution in [-0.4, -0.2) is 11.7 Å². The van der Waals surface area contributed by atoms with Crippen molar-refractivity contribution in [2.75, 3.05) is 11.5 Å². The van der Waals surface area contributed by atoms with Crippen molar-refractivity contribution in [3.63, 3.8) is 0 Å². The van der Waals surface area contributed by atoms with E-state index in [9.17, 15) is 26.7 Å². The molecule has 9 heteroatoms. The second-order valence-electron chi connectivity index (χ2n) is 6.61. The maximum atomic E-state index is 13.5. The molecular weight excluding hydrogens is 407 g/mol. The van der Waals surface area contributed by atoms with Gasteiger partial charge in [-0.05, 0) is 41.1 Å². The molecule has 0 spiro atoms. The zero-order valence-electron chi connectivity index (χ0n) is 14.9. The van der Waals surface area contributed by atoms with E-state index in [-0.39, 0.29) is 22.6 Å². The topological polar surface area (TPSA) is 78.3 Å². The van der Waals surface area contributed by atoms with Gasteiger partial charge in [0.2, 0.25) is 5.78 Å². The minimum absolute atomic E-state index is 0.141. The van der Waals surface area contributed by atoms with Crippen LogP contribution in [0.3, 0.4) is 0 Å². The standard InChI is InChI=1S/C21H11F5N2O2/c22-20(23)15-6-5-13(9-14(15)19(20)29)30-17-8-11(10-1-3-12(27)4-2-10)7-16(18(17)28)21(24,25)26/h1-4,7-9H,27-28H2. The molecule has 0 atom stereocenters. The molecule has 2 aromatic rings. The maximum absolute atomic E-state index is 13.5. The molecule has 4 N–H and O–H groups in total. The number of rotatable bonds is 3. The number of nitrogens with two attached hydrogens (primary N) is 2. The first-order valence-corrected chi connectivity index (χ1v) is 8.44. The molecule has 2 aliphatic carbocycles. The van der Waals surface area contributed by atoms with Gasteiger partial charge in [0.05, 0.1) is 16.8 Å². The third kappa shape index (κ3) is 3.06. The zero-order chi connectivity index (χ0) is 21.8. The summed E-state index contributed by atoms with van der Waals surface area (Å²) >= 11 is 0. The van der Waals surface area contributed by atoms with Crippen molar-refractivity contribution in [1.82, 2.24) is 0 Å². The largest absolute Gasteiger partial charge is 0.446 e. The third-order valence-electron chi connectivity index (χ3n) is 4.61. The van der Waals surface area contributed by atoms with E-state index >= 15 is 0 Å². The lowest BCUT2D eigenvalue weighted by molar-refractivity contribution is -0.139. The quantitative estimate of drug-likeness (QED) is 0.433. The summed E-state index contributed by atoms with van der Waals surface area (Å²) in [7, 11) is 0. The zero-order valence-corrected chi connectivity index (χ0v) is 14.9. The van der Waals surface area contributed by atoms with Crippen LogP contribution < -0.4 is 16.2 Å². The highest BCUT2D eigenvalue weighted by Crippen LogP contribution is 2.46. The molecule has 4 nitrogen and oxygen atoms in total. The van der Waals surface area contributed by atoms with E-state index in [1.165, 1.54) is 30.3 Å². The summed E-state index contributed by atoms with van der Waals surface area (Å²) in [6.45, 7) is 0.